The van der Waals surface area contributed by atoms with Gasteiger partial charge < -0.3 is 5.73 Å². The summed E-state index contributed by atoms with van der Waals surface area (Å²) >= 11 is 0. The van der Waals surface area contributed by atoms with E-state index in [-0.39, 0.29) is 29.9 Å². The Morgan fingerprint density at radius 1 is 1.53 bits per heavy atom. The van der Waals surface area contributed by atoms with E-state index in [1.807, 2.05) is 31.2 Å². The van der Waals surface area contributed by atoms with E-state index in [0.29, 0.717) is 0 Å². The summed E-state index contributed by atoms with van der Waals surface area (Å²) in [5, 5.41) is 3.80. The number of carbonyl (C=O) groups is 2. The standard InChI is InChI=1S/C14H21N3O2/c1-3-5-6-7-8-10(4-2)11-9-12(18)16-17-13(11)14(15)19/h5-8,10-11H,3-4,9H2,1-2H3,(H2,15,19)(H,16,18). The van der Waals surface area contributed by atoms with E-state index in [0.717, 1.165) is 12.8 Å². The van der Waals surface area contributed by atoms with Crippen molar-refractivity contribution in [3.63, 3.8) is 0 Å². The van der Waals surface area contributed by atoms with Gasteiger partial charge in [0.15, 0.2) is 0 Å². The van der Waals surface area contributed by atoms with Gasteiger partial charge in [-0.15, -0.1) is 0 Å². The highest BCUT2D eigenvalue weighted by atomic mass is 16.2. The summed E-state index contributed by atoms with van der Waals surface area (Å²) in [5.74, 6) is -0.895. The summed E-state index contributed by atoms with van der Waals surface area (Å²) in [5.41, 5.74) is 7.88. The van der Waals surface area contributed by atoms with Gasteiger partial charge in [-0.1, -0.05) is 38.2 Å². The van der Waals surface area contributed by atoms with Crippen molar-refractivity contribution in [2.45, 2.75) is 33.1 Å². The number of allylic oxidation sites excluding steroid dienone is 4. The van der Waals surface area contributed by atoms with Crippen molar-refractivity contribution >= 4 is 17.5 Å². The van der Waals surface area contributed by atoms with Crippen LogP contribution < -0.4 is 11.2 Å². The number of carbonyl (C=O) groups excluding carboxylic acids is 2. The molecule has 1 heterocycles. The Morgan fingerprint density at radius 3 is 2.84 bits per heavy atom. The van der Waals surface area contributed by atoms with Gasteiger partial charge in [-0.25, -0.2) is 5.43 Å². The Hall–Kier alpha value is -1.91. The van der Waals surface area contributed by atoms with Crippen molar-refractivity contribution in [1.82, 2.24) is 5.43 Å². The second-order valence-corrected chi connectivity index (χ2v) is 4.50. The summed E-state index contributed by atoms with van der Waals surface area (Å²) in [7, 11) is 0. The fourth-order valence-corrected chi connectivity index (χ4v) is 2.12. The van der Waals surface area contributed by atoms with Crippen molar-refractivity contribution in [2.24, 2.45) is 22.7 Å². The molecule has 0 saturated heterocycles. The van der Waals surface area contributed by atoms with E-state index in [4.69, 9.17) is 5.73 Å². The summed E-state index contributed by atoms with van der Waals surface area (Å²) in [6, 6.07) is 0. The summed E-state index contributed by atoms with van der Waals surface area (Å²) in [6.45, 7) is 4.08. The molecule has 0 bridgehead atoms. The smallest absolute Gasteiger partial charge is 0.265 e. The van der Waals surface area contributed by atoms with Crippen LogP contribution in [0.15, 0.2) is 29.4 Å². The lowest BCUT2D eigenvalue weighted by Crippen LogP contribution is -2.42. The van der Waals surface area contributed by atoms with Crippen LogP contribution >= 0.6 is 0 Å². The van der Waals surface area contributed by atoms with Gasteiger partial charge in [0.2, 0.25) is 5.91 Å². The lowest BCUT2D eigenvalue weighted by Gasteiger charge is -2.26. The Kier molecular flexibility index (Phi) is 5.99. The highest BCUT2D eigenvalue weighted by molar-refractivity contribution is 6.40. The fourth-order valence-electron chi connectivity index (χ4n) is 2.12. The lowest BCUT2D eigenvalue weighted by atomic mass is 9.82. The molecule has 1 aliphatic heterocycles. The second kappa shape index (κ2) is 7.51. The first-order valence-electron chi connectivity index (χ1n) is 6.59. The van der Waals surface area contributed by atoms with E-state index in [2.05, 4.69) is 17.5 Å². The van der Waals surface area contributed by atoms with Crippen LogP contribution in [0.4, 0.5) is 0 Å². The molecule has 1 rings (SSSR count). The number of rotatable bonds is 6. The fraction of sp³-hybridized carbons (Fsp3) is 0.500. The Labute approximate surface area is 113 Å². The van der Waals surface area contributed by atoms with Crippen LogP contribution in [0.5, 0.6) is 0 Å². The topological polar surface area (TPSA) is 84.6 Å². The van der Waals surface area contributed by atoms with Gasteiger partial charge >= 0.3 is 0 Å². The molecule has 0 saturated carbocycles. The molecule has 3 N–H and O–H groups in total. The normalized spacial score (nSPS) is 21.5. The summed E-state index contributed by atoms with van der Waals surface area (Å²) in [4.78, 5) is 22.8. The van der Waals surface area contributed by atoms with Crippen molar-refractivity contribution < 1.29 is 9.59 Å². The minimum absolute atomic E-state index is 0.0822. The summed E-state index contributed by atoms with van der Waals surface area (Å²) < 4.78 is 0. The Morgan fingerprint density at radius 2 is 2.26 bits per heavy atom. The molecule has 0 aromatic heterocycles. The second-order valence-electron chi connectivity index (χ2n) is 4.50. The zero-order valence-electron chi connectivity index (χ0n) is 11.4. The number of hydrazone groups is 1. The van der Waals surface area contributed by atoms with Crippen molar-refractivity contribution in [1.29, 1.82) is 0 Å². The molecule has 2 atom stereocenters. The molecule has 2 amide bonds. The average molecular weight is 263 g/mol. The predicted molar refractivity (Wildman–Crippen MR) is 75.2 cm³/mol. The molecule has 0 aromatic rings. The third-order valence-electron chi connectivity index (χ3n) is 3.14. The molecule has 5 heteroatoms. The number of nitrogens with one attached hydrogen (secondary N) is 1. The van der Waals surface area contributed by atoms with E-state index in [1.165, 1.54) is 0 Å². The molecule has 2 unspecified atom stereocenters. The van der Waals surface area contributed by atoms with E-state index in [1.54, 1.807) is 0 Å². The molecular formula is C14H21N3O2. The van der Waals surface area contributed by atoms with Crippen LogP contribution in [-0.2, 0) is 9.59 Å². The molecule has 0 spiro atoms. The Bertz CT molecular complexity index is 424. The molecular weight excluding hydrogens is 242 g/mol. The number of nitrogens with two attached hydrogens (primary N) is 1. The zero-order valence-corrected chi connectivity index (χ0v) is 11.4. The highest BCUT2D eigenvalue weighted by Crippen LogP contribution is 2.24. The van der Waals surface area contributed by atoms with Crippen molar-refractivity contribution in [3.05, 3.63) is 24.3 Å². The summed E-state index contributed by atoms with van der Waals surface area (Å²) in [6.07, 6.45) is 10.0. The number of nitrogens with zero attached hydrogens (tertiary/aromatic N) is 1. The first kappa shape index (κ1) is 15.1. The number of hydrogen-bond donors (Lipinski definition) is 2. The average Bonchev–Trinajstić information content (AvgIpc) is 2.38. The van der Waals surface area contributed by atoms with Crippen LogP contribution in [0.25, 0.3) is 0 Å². The number of primary amides is 1. The molecule has 5 nitrogen and oxygen atoms in total. The molecule has 19 heavy (non-hydrogen) atoms. The minimum atomic E-state index is -0.569. The van der Waals surface area contributed by atoms with E-state index >= 15 is 0 Å². The molecule has 0 fully saturated rings. The van der Waals surface area contributed by atoms with Crippen molar-refractivity contribution in [2.75, 3.05) is 0 Å². The monoisotopic (exact) mass is 263 g/mol. The molecule has 0 aliphatic carbocycles. The zero-order chi connectivity index (χ0) is 14.3. The third-order valence-corrected chi connectivity index (χ3v) is 3.14. The number of hydrogen-bond acceptors (Lipinski definition) is 3. The third kappa shape index (κ3) is 4.35. The molecule has 0 radical (unpaired) electrons. The largest absolute Gasteiger partial charge is 0.364 e. The first-order chi connectivity index (χ1) is 9.10. The SMILES string of the molecule is CCC=CC=CC(CC)C1CC(=O)NN=C1C(N)=O. The van der Waals surface area contributed by atoms with E-state index < -0.39 is 5.91 Å². The first-order valence-corrected chi connectivity index (χ1v) is 6.59. The molecule has 1 aliphatic rings. The van der Waals surface area contributed by atoms with E-state index in [9.17, 15) is 9.59 Å². The quantitative estimate of drug-likeness (QED) is 0.712. The van der Waals surface area contributed by atoms with Crippen LogP contribution in [0, 0.1) is 11.8 Å². The highest BCUT2D eigenvalue weighted by Gasteiger charge is 2.32. The van der Waals surface area contributed by atoms with Gasteiger partial charge in [-0.05, 0) is 18.8 Å². The van der Waals surface area contributed by atoms with Gasteiger partial charge in [0.1, 0.15) is 5.71 Å². The van der Waals surface area contributed by atoms with Crippen molar-refractivity contribution in [3.8, 4) is 0 Å². The number of amides is 2. The van der Waals surface area contributed by atoms with Gasteiger partial charge in [0.25, 0.3) is 5.91 Å². The van der Waals surface area contributed by atoms with Crippen LogP contribution in [0.2, 0.25) is 0 Å². The minimum Gasteiger partial charge on any atom is -0.364 e. The molecule has 0 aromatic carbocycles. The van der Waals surface area contributed by atoms with Gasteiger partial charge in [-0.3, -0.25) is 9.59 Å². The predicted octanol–water partition coefficient (Wildman–Crippen LogP) is 1.51. The van der Waals surface area contributed by atoms with Crippen LogP contribution in [0.1, 0.15) is 33.1 Å². The molecule has 104 valence electrons. The van der Waals surface area contributed by atoms with Crippen LogP contribution in [-0.4, -0.2) is 17.5 Å². The lowest BCUT2D eigenvalue weighted by molar-refractivity contribution is -0.122. The maximum atomic E-state index is 11.4. The maximum Gasteiger partial charge on any atom is 0.265 e. The Balaban J connectivity index is 2.88. The van der Waals surface area contributed by atoms with Gasteiger partial charge in [0, 0.05) is 12.3 Å². The maximum absolute atomic E-state index is 11.4. The van der Waals surface area contributed by atoms with Crippen LogP contribution in [0.3, 0.4) is 0 Å². The van der Waals surface area contributed by atoms with Gasteiger partial charge in [-0.2, -0.15) is 5.10 Å². The van der Waals surface area contributed by atoms with Gasteiger partial charge in [0.05, 0.1) is 0 Å².